The first-order chi connectivity index (χ1) is 18.0. The minimum Gasteiger partial charge on any atom is -0.436 e. The predicted molar refractivity (Wildman–Crippen MR) is 155 cm³/mol. The third kappa shape index (κ3) is 9.57. The molecule has 0 aromatic rings. The number of carbonyl (C=O) groups excluding carboxylic acids is 1. The summed E-state index contributed by atoms with van der Waals surface area (Å²) in [5, 5.41) is 0.190. The highest BCUT2D eigenvalue weighted by Crippen LogP contribution is 2.41. The largest absolute Gasteiger partial charge is 0.436 e. The summed E-state index contributed by atoms with van der Waals surface area (Å²) in [5.41, 5.74) is 0. The third-order valence-corrected chi connectivity index (χ3v) is 13.8. The zero-order chi connectivity index (χ0) is 27.8. The Morgan fingerprint density at radius 3 is 1.92 bits per heavy atom. The second-order valence-corrected chi connectivity index (χ2v) is 18.3. The van der Waals surface area contributed by atoms with Crippen molar-refractivity contribution in [2.45, 2.75) is 192 Å². The van der Waals surface area contributed by atoms with E-state index in [0.717, 1.165) is 44.9 Å². The Kier molecular flexibility index (Phi) is 12.6. The average Bonchev–Trinajstić information content (AvgIpc) is 3.59. The summed E-state index contributed by atoms with van der Waals surface area (Å²) in [6.45, 7) is 15.4. The third-order valence-electron chi connectivity index (χ3n) is 9.32. The zero-order valence-electron chi connectivity index (χ0n) is 25.6. The first-order valence-electron chi connectivity index (χ1n) is 15.8. The quantitative estimate of drug-likeness (QED) is 0.116. The second kappa shape index (κ2) is 15.0. The molecule has 0 aromatic heterocycles. The standard InChI is InChI=1S/C31H58O6Si/c1-8-9-10-11-12-13-14-15-16-29(37-38(6,7)31(3,4)5)28-20-19-25(35-28)24-17-18-26(34-24)27-21-22-30(36-27)33-23(2)32/h24-30H,8-22H2,1-7H3/t24-,25-,26-,27+,28-,29-,30?/m0/s1. The molecule has 3 heterocycles. The number of ether oxygens (including phenoxy) is 4. The number of rotatable bonds is 15. The maximum Gasteiger partial charge on any atom is 0.304 e. The van der Waals surface area contributed by atoms with Crippen molar-refractivity contribution >= 4 is 14.3 Å². The molecular weight excluding hydrogens is 496 g/mol. The summed E-state index contributed by atoms with van der Waals surface area (Å²) in [4.78, 5) is 11.3. The van der Waals surface area contributed by atoms with E-state index in [2.05, 4.69) is 40.8 Å². The molecule has 3 saturated heterocycles. The Balaban J connectivity index is 1.49. The highest BCUT2D eigenvalue weighted by molar-refractivity contribution is 6.74. The molecule has 7 heteroatoms. The fourth-order valence-electron chi connectivity index (χ4n) is 6.00. The molecule has 6 nitrogen and oxygen atoms in total. The molecule has 3 aliphatic heterocycles. The average molecular weight is 555 g/mol. The second-order valence-electron chi connectivity index (χ2n) is 13.6. The van der Waals surface area contributed by atoms with Crippen LogP contribution in [0.15, 0.2) is 0 Å². The van der Waals surface area contributed by atoms with E-state index < -0.39 is 14.6 Å². The van der Waals surface area contributed by atoms with E-state index in [1.54, 1.807) is 0 Å². The van der Waals surface area contributed by atoms with Crippen LogP contribution < -0.4 is 0 Å². The van der Waals surface area contributed by atoms with Gasteiger partial charge < -0.3 is 23.4 Å². The fourth-order valence-corrected chi connectivity index (χ4v) is 7.38. The van der Waals surface area contributed by atoms with Crippen LogP contribution in [0.1, 0.15) is 131 Å². The molecule has 0 radical (unpaired) electrons. The molecule has 3 fully saturated rings. The summed E-state index contributed by atoms with van der Waals surface area (Å²) in [5.74, 6) is -0.285. The van der Waals surface area contributed by atoms with Crippen LogP contribution in [0.3, 0.4) is 0 Å². The van der Waals surface area contributed by atoms with Crippen LogP contribution in [0.2, 0.25) is 18.1 Å². The maximum absolute atomic E-state index is 11.3. The zero-order valence-corrected chi connectivity index (χ0v) is 26.6. The van der Waals surface area contributed by atoms with Crippen LogP contribution in [0.5, 0.6) is 0 Å². The van der Waals surface area contributed by atoms with Crippen molar-refractivity contribution in [2.24, 2.45) is 0 Å². The molecule has 7 atom stereocenters. The van der Waals surface area contributed by atoms with Gasteiger partial charge in [0.25, 0.3) is 0 Å². The van der Waals surface area contributed by atoms with Gasteiger partial charge in [0.05, 0.1) is 36.6 Å². The Morgan fingerprint density at radius 2 is 1.32 bits per heavy atom. The molecule has 0 aromatic carbocycles. The van der Waals surface area contributed by atoms with E-state index in [4.69, 9.17) is 23.4 Å². The van der Waals surface area contributed by atoms with Gasteiger partial charge in [0.1, 0.15) is 0 Å². The number of esters is 1. The lowest BCUT2D eigenvalue weighted by atomic mass is 10.0. The van der Waals surface area contributed by atoms with E-state index >= 15 is 0 Å². The number of hydrogen-bond acceptors (Lipinski definition) is 6. The van der Waals surface area contributed by atoms with E-state index in [1.807, 2.05) is 0 Å². The lowest BCUT2D eigenvalue weighted by molar-refractivity contribution is -0.183. The minimum atomic E-state index is -1.89. The van der Waals surface area contributed by atoms with Crippen LogP contribution in [-0.4, -0.2) is 57.2 Å². The van der Waals surface area contributed by atoms with Gasteiger partial charge in [-0.2, -0.15) is 0 Å². The SMILES string of the molecule is CCCCCCCCCC[C@H](O[Si](C)(C)C(C)(C)C)[C@@H]1CC[C@@H]([C@@H]2CC[C@@H]([C@H]3CCC(OC(C)=O)O3)O2)O1. The van der Waals surface area contributed by atoms with Crippen molar-refractivity contribution in [1.29, 1.82) is 0 Å². The topological polar surface area (TPSA) is 63.2 Å². The van der Waals surface area contributed by atoms with Gasteiger partial charge in [-0.25, -0.2) is 0 Å². The molecule has 38 heavy (non-hydrogen) atoms. The normalized spacial score (nSPS) is 31.1. The lowest BCUT2D eigenvalue weighted by Crippen LogP contribution is -2.47. The number of carbonyl (C=O) groups is 1. The van der Waals surface area contributed by atoms with Crippen LogP contribution in [0.4, 0.5) is 0 Å². The van der Waals surface area contributed by atoms with Crippen molar-refractivity contribution in [3.05, 3.63) is 0 Å². The Bertz CT molecular complexity index is 707. The number of hydrogen-bond donors (Lipinski definition) is 0. The molecule has 0 N–H and O–H groups in total. The van der Waals surface area contributed by atoms with Crippen molar-refractivity contribution in [3.8, 4) is 0 Å². The van der Waals surface area contributed by atoms with E-state index in [0.29, 0.717) is 0 Å². The molecule has 3 aliphatic rings. The molecule has 222 valence electrons. The molecule has 3 rings (SSSR count). The van der Waals surface area contributed by atoms with Crippen LogP contribution >= 0.6 is 0 Å². The lowest BCUT2D eigenvalue weighted by Gasteiger charge is -2.41. The van der Waals surface area contributed by atoms with E-state index in [1.165, 1.54) is 58.3 Å². The minimum absolute atomic E-state index is 0.0122. The van der Waals surface area contributed by atoms with Crippen LogP contribution in [-0.2, 0) is 28.2 Å². The van der Waals surface area contributed by atoms with E-state index in [9.17, 15) is 4.79 Å². The van der Waals surface area contributed by atoms with E-state index in [-0.39, 0.29) is 47.6 Å². The molecular formula is C31H58O6Si. The summed E-state index contributed by atoms with van der Waals surface area (Å²) in [7, 11) is -1.89. The van der Waals surface area contributed by atoms with Gasteiger partial charge in [0.15, 0.2) is 8.32 Å². The molecule has 0 spiro atoms. The highest BCUT2D eigenvalue weighted by Gasteiger charge is 2.46. The molecule has 0 bridgehead atoms. The van der Waals surface area contributed by atoms with Gasteiger partial charge in [-0.1, -0.05) is 79.1 Å². The first-order valence-corrected chi connectivity index (χ1v) is 18.7. The van der Waals surface area contributed by atoms with Crippen molar-refractivity contribution in [1.82, 2.24) is 0 Å². The summed E-state index contributed by atoms with van der Waals surface area (Å²) < 4.78 is 31.5. The number of unbranched alkanes of at least 4 members (excludes halogenated alkanes) is 7. The summed E-state index contributed by atoms with van der Waals surface area (Å²) in [6.07, 6.45) is 17.7. The van der Waals surface area contributed by atoms with Crippen molar-refractivity contribution in [3.63, 3.8) is 0 Å². The monoisotopic (exact) mass is 554 g/mol. The van der Waals surface area contributed by atoms with Gasteiger partial charge in [0, 0.05) is 13.3 Å². The van der Waals surface area contributed by atoms with Gasteiger partial charge >= 0.3 is 5.97 Å². The Hall–Kier alpha value is -0.473. The van der Waals surface area contributed by atoms with Gasteiger partial charge in [0.2, 0.25) is 6.29 Å². The van der Waals surface area contributed by atoms with Crippen molar-refractivity contribution in [2.75, 3.05) is 0 Å². The predicted octanol–water partition coefficient (Wildman–Crippen LogP) is 8.07. The van der Waals surface area contributed by atoms with Gasteiger partial charge in [-0.05, 0) is 56.7 Å². The maximum atomic E-state index is 11.3. The smallest absolute Gasteiger partial charge is 0.304 e. The molecule has 0 saturated carbocycles. The fraction of sp³-hybridized carbons (Fsp3) is 0.968. The van der Waals surface area contributed by atoms with Crippen LogP contribution in [0, 0.1) is 0 Å². The molecule has 0 aliphatic carbocycles. The van der Waals surface area contributed by atoms with Gasteiger partial charge in [-0.15, -0.1) is 0 Å². The Labute approximate surface area is 234 Å². The van der Waals surface area contributed by atoms with Gasteiger partial charge in [-0.3, -0.25) is 4.79 Å². The summed E-state index contributed by atoms with van der Waals surface area (Å²) >= 11 is 0. The molecule has 1 unspecified atom stereocenters. The first kappa shape index (κ1) is 32.0. The summed E-state index contributed by atoms with van der Waals surface area (Å²) in [6, 6.07) is 0. The Morgan fingerprint density at radius 1 is 0.789 bits per heavy atom. The molecule has 0 amide bonds. The van der Waals surface area contributed by atoms with Crippen molar-refractivity contribution < 1.29 is 28.2 Å². The highest BCUT2D eigenvalue weighted by atomic mass is 28.4. The van der Waals surface area contributed by atoms with Crippen LogP contribution in [0.25, 0.3) is 0 Å².